The Morgan fingerprint density at radius 2 is 2.00 bits per heavy atom. The molecule has 2 bridgehead atoms. The Labute approximate surface area is 189 Å². The van der Waals surface area contributed by atoms with Crippen molar-refractivity contribution in [3.63, 3.8) is 0 Å². The summed E-state index contributed by atoms with van der Waals surface area (Å²) in [7, 11) is 0. The van der Waals surface area contributed by atoms with Gasteiger partial charge in [-0.3, -0.25) is 14.5 Å². The van der Waals surface area contributed by atoms with E-state index in [1.165, 1.54) is 11.3 Å². The molecule has 4 atom stereocenters. The highest BCUT2D eigenvalue weighted by atomic mass is 16.2. The first kappa shape index (κ1) is 20.2. The molecule has 4 aliphatic heterocycles. The standard InChI is InChI=1S/C27H33N3O2/c1-15(2)9-20(31)18-8-6-7-17-19-11-26-14-30-13-16(3)10-27(30,24(32)29-26)12-21(26)25(4,5)23(19)28-22(17)18/h6-9,16,21,28H,10-14H2,1-5H3,(H,29,32). The molecular weight excluding hydrogens is 398 g/mol. The van der Waals surface area contributed by atoms with Gasteiger partial charge in [-0.2, -0.15) is 0 Å². The first-order valence-electron chi connectivity index (χ1n) is 12.0. The summed E-state index contributed by atoms with van der Waals surface area (Å²) < 4.78 is 0. The molecule has 168 valence electrons. The third-order valence-electron chi connectivity index (χ3n) is 8.92. The number of fused-ring (bicyclic) bond motifs is 4. The van der Waals surface area contributed by atoms with Crippen LogP contribution >= 0.6 is 0 Å². The van der Waals surface area contributed by atoms with Gasteiger partial charge in [-0.25, -0.2) is 0 Å². The highest BCUT2D eigenvalue weighted by Crippen LogP contribution is 2.59. The second-order valence-corrected chi connectivity index (χ2v) is 11.8. The number of piperidine rings is 2. The van der Waals surface area contributed by atoms with E-state index in [2.05, 4.69) is 42.0 Å². The minimum Gasteiger partial charge on any atom is -0.357 e. The molecule has 4 saturated heterocycles. The number of aromatic amines is 1. The van der Waals surface area contributed by atoms with Gasteiger partial charge in [0.25, 0.3) is 0 Å². The van der Waals surface area contributed by atoms with Gasteiger partial charge < -0.3 is 10.3 Å². The third-order valence-corrected chi connectivity index (χ3v) is 8.92. The smallest absolute Gasteiger partial charge is 0.241 e. The number of nitrogens with zero attached hydrogens (tertiary/aromatic N) is 1. The number of ketones is 1. The number of amides is 1. The summed E-state index contributed by atoms with van der Waals surface area (Å²) in [5.74, 6) is 1.21. The van der Waals surface area contributed by atoms with Crippen LogP contribution in [-0.2, 0) is 16.6 Å². The van der Waals surface area contributed by atoms with Crippen LogP contribution in [0.4, 0.5) is 0 Å². The van der Waals surface area contributed by atoms with E-state index in [1.54, 1.807) is 6.08 Å². The highest BCUT2D eigenvalue weighted by Gasteiger charge is 2.69. The SMILES string of the molecule is CC(C)=CC(=O)c1cccc2c3c([nH]c12)C(C)(C)C1CC24CC(C)CN2CC1(C3)NC4=O. The zero-order chi connectivity index (χ0) is 22.6. The van der Waals surface area contributed by atoms with Crippen LogP contribution in [0.1, 0.15) is 69.1 Å². The number of aromatic nitrogens is 1. The normalized spacial score (nSPS) is 34.6. The Morgan fingerprint density at radius 3 is 2.75 bits per heavy atom. The fourth-order valence-corrected chi connectivity index (χ4v) is 7.74. The molecule has 2 spiro atoms. The van der Waals surface area contributed by atoms with E-state index in [1.807, 2.05) is 26.0 Å². The number of H-pyrrole nitrogens is 1. The largest absolute Gasteiger partial charge is 0.357 e. The van der Waals surface area contributed by atoms with E-state index in [-0.39, 0.29) is 28.2 Å². The Kier molecular flexibility index (Phi) is 3.88. The highest BCUT2D eigenvalue weighted by molar-refractivity contribution is 6.13. The van der Waals surface area contributed by atoms with Crippen molar-refractivity contribution in [1.82, 2.24) is 15.2 Å². The van der Waals surface area contributed by atoms with Crippen molar-refractivity contribution in [2.45, 2.75) is 70.4 Å². The van der Waals surface area contributed by atoms with Crippen LogP contribution in [0, 0.1) is 11.8 Å². The van der Waals surface area contributed by atoms with Crippen molar-refractivity contribution in [2.75, 3.05) is 13.1 Å². The molecule has 1 aromatic heterocycles. The van der Waals surface area contributed by atoms with Crippen LogP contribution in [0.15, 0.2) is 29.8 Å². The Bertz CT molecular complexity index is 1220. The number of allylic oxidation sites excluding steroid dienone is 2. The molecule has 5 heterocycles. The molecule has 2 aromatic rings. The maximum absolute atomic E-state index is 13.4. The molecule has 2 N–H and O–H groups in total. The van der Waals surface area contributed by atoms with Gasteiger partial charge in [0.2, 0.25) is 5.91 Å². The van der Waals surface area contributed by atoms with Crippen molar-refractivity contribution >= 4 is 22.6 Å². The van der Waals surface area contributed by atoms with Crippen LogP contribution in [0.25, 0.3) is 10.9 Å². The van der Waals surface area contributed by atoms with E-state index in [0.717, 1.165) is 54.4 Å². The molecule has 5 aliphatic rings. The van der Waals surface area contributed by atoms with Gasteiger partial charge in [-0.1, -0.05) is 38.5 Å². The lowest BCUT2D eigenvalue weighted by Crippen LogP contribution is -2.82. The second kappa shape index (κ2) is 6.13. The van der Waals surface area contributed by atoms with Gasteiger partial charge >= 0.3 is 0 Å². The van der Waals surface area contributed by atoms with Crippen molar-refractivity contribution in [2.24, 2.45) is 11.8 Å². The van der Waals surface area contributed by atoms with E-state index in [4.69, 9.17) is 0 Å². The van der Waals surface area contributed by atoms with Crippen molar-refractivity contribution < 1.29 is 9.59 Å². The monoisotopic (exact) mass is 431 g/mol. The van der Waals surface area contributed by atoms with Gasteiger partial charge in [0.05, 0.1) is 11.1 Å². The fourth-order valence-electron chi connectivity index (χ4n) is 7.74. The fraction of sp³-hybridized carbons (Fsp3) is 0.556. The Hall–Kier alpha value is -2.40. The van der Waals surface area contributed by atoms with Crippen LogP contribution < -0.4 is 5.32 Å². The number of carbonyl (C=O) groups is 2. The minimum atomic E-state index is -0.336. The Morgan fingerprint density at radius 1 is 1.22 bits per heavy atom. The van der Waals surface area contributed by atoms with Gasteiger partial charge in [-0.05, 0) is 62.7 Å². The Balaban J connectivity index is 1.53. The quantitative estimate of drug-likeness (QED) is 0.555. The predicted molar refractivity (Wildman–Crippen MR) is 126 cm³/mol. The van der Waals surface area contributed by atoms with Crippen molar-refractivity contribution in [3.8, 4) is 0 Å². The molecule has 4 fully saturated rings. The summed E-state index contributed by atoms with van der Waals surface area (Å²) in [6.45, 7) is 12.8. The lowest BCUT2D eigenvalue weighted by atomic mass is 9.51. The van der Waals surface area contributed by atoms with Gasteiger partial charge in [0, 0.05) is 35.1 Å². The number of nitrogens with one attached hydrogen (secondary N) is 2. The van der Waals surface area contributed by atoms with Gasteiger partial charge in [-0.15, -0.1) is 0 Å². The number of piperazine rings is 1. The molecule has 5 nitrogen and oxygen atoms in total. The first-order chi connectivity index (χ1) is 15.1. The zero-order valence-corrected chi connectivity index (χ0v) is 19.8. The van der Waals surface area contributed by atoms with Crippen LogP contribution in [0.5, 0.6) is 0 Å². The molecule has 0 radical (unpaired) electrons. The molecule has 32 heavy (non-hydrogen) atoms. The number of rotatable bonds is 2. The summed E-state index contributed by atoms with van der Waals surface area (Å²) in [5.41, 5.74) is 4.49. The molecule has 1 aromatic carbocycles. The zero-order valence-electron chi connectivity index (χ0n) is 19.8. The first-order valence-corrected chi connectivity index (χ1v) is 12.0. The lowest BCUT2D eigenvalue weighted by Gasteiger charge is -2.65. The average molecular weight is 432 g/mol. The maximum Gasteiger partial charge on any atom is 0.241 e. The molecular formula is C27H33N3O2. The molecule has 1 aliphatic carbocycles. The topological polar surface area (TPSA) is 65.2 Å². The van der Waals surface area contributed by atoms with Gasteiger partial charge in [0.1, 0.15) is 5.54 Å². The average Bonchev–Trinajstić information content (AvgIpc) is 3.23. The molecule has 1 amide bonds. The summed E-state index contributed by atoms with van der Waals surface area (Å²) in [4.78, 5) is 32.6. The van der Waals surface area contributed by atoms with E-state index in [9.17, 15) is 9.59 Å². The lowest BCUT2D eigenvalue weighted by molar-refractivity contribution is -0.160. The summed E-state index contributed by atoms with van der Waals surface area (Å²) in [6.07, 6.45) is 4.43. The molecule has 7 rings (SSSR count). The van der Waals surface area contributed by atoms with Gasteiger partial charge in [0.15, 0.2) is 5.78 Å². The minimum absolute atomic E-state index is 0.0466. The summed E-state index contributed by atoms with van der Waals surface area (Å²) >= 11 is 0. The van der Waals surface area contributed by atoms with Crippen LogP contribution in [0.2, 0.25) is 0 Å². The predicted octanol–water partition coefficient (Wildman–Crippen LogP) is 4.12. The number of carbonyl (C=O) groups excluding carboxylic acids is 2. The molecule has 0 saturated carbocycles. The molecule has 4 unspecified atom stereocenters. The number of hydrogen-bond donors (Lipinski definition) is 2. The number of benzene rings is 1. The molecule has 5 heteroatoms. The van der Waals surface area contributed by atoms with Crippen molar-refractivity contribution in [3.05, 3.63) is 46.7 Å². The van der Waals surface area contributed by atoms with Crippen LogP contribution in [-0.4, -0.2) is 45.7 Å². The van der Waals surface area contributed by atoms with E-state index < -0.39 is 0 Å². The summed E-state index contributed by atoms with van der Waals surface area (Å²) in [6, 6.07) is 6.05. The van der Waals surface area contributed by atoms with Crippen molar-refractivity contribution in [1.29, 1.82) is 0 Å². The maximum atomic E-state index is 13.4. The number of para-hydroxylation sites is 1. The third kappa shape index (κ3) is 2.38. The number of hydrogen-bond acceptors (Lipinski definition) is 3. The van der Waals surface area contributed by atoms with E-state index in [0.29, 0.717) is 11.8 Å². The van der Waals surface area contributed by atoms with Crippen LogP contribution in [0.3, 0.4) is 0 Å². The second-order valence-electron chi connectivity index (χ2n) is 11.8. The van der Waals surface area contributed by atoms with E-state index >= 15 is 0 Å². The summed E-state index contributed by atoms with van der Waals surface area (Å²) in [5, 5.41) is 4.68.